The van der Waals surface area contributed by atoms with Gasteiger partial charge in [-0.3, -0.25) is 9.59 Å². The highest BCUT2D eigenvalue weighted by atomic mass is 16.5. The molecule has 6 nitrogen and oxygen atoms in total. The van der Waals surface area contributed by atoms with Gasteiger partial charge in [-0.25, -0.2) is 0 Å². The Balaban J connectivity index is 1.24. The monoisotopic (exact) mass is 616 g/mol. The van der Waals surface area contributed by atoms with Crippen LogP contribution >= 0.6 is 0 Å². The second-order valence-electron chi connectivity index (χ2n) is 11.5. The summed E-state index contributed by atoms with van der Waals surface area (Å²) in [7, 11) is 0. The van der Waals surface area contributed by atoms with Crippen LogP contribution in [0.3, 0.4) is 0 Å². The smallest absolute Gasteiger partial charge is 0.221 e. The Morgan fingerprint density at radius 3 is 1.11 bits per heavy atom. The Morgan fingerprint density at radius 1 is 0.447 bits per heavy atom. The van der Waals surface area contributed by atoms with Gasteiger partial charge in [0.05, 0.1) is 5.41 Å². The number of benzene rings is 6. The zero-order valence-corrected chi connectivity index (χ0v) is 26.0. The van der Waals surface area contributed by atoms with Crippen molar-refractivity contribution in [2.75, 3.05) is 10.6 Å². The van der Waals surface area contributed by atoms with Gasteiger partial charge in [0, 0.05) is 25.2 Å². The summed E-state index contributed by atoms with van der Waals surface area (Å²) in [6, 6.07) is 48.4. The van der Waals surface area contributed by atoms with E-state index in [0.29, 0.717) is 23.0 Å². The van der Waals surface area contributed by atoms with Crippen molar-refractivity contribution >= 4 is 23.2 Å². The van der Waals surface area contributed by atoms with E-state index in [0.717, 1.165) is 22.5 Å². The van der Waals surface area contributed by atoms with Gasteiger partial charge in [-0.1, -0.05) is 72.8 Å². The van der Waals surface area contributed by atoms with E-state index >= 15 is 0 Å². The van der Waals surface area contributed by atoms with Crippen LogP contribution in [0.4, 0.5) is 11.4 Å². The number of hydrogen-bond acceptors (Lipinski definition) is 4. The van der Waals surface area contributed by atoms with E-state index in [2.05, 4.69) is 83.4 Å². The lowest BCUT2D eigenvalue weighted by Crippen LogP contribution is -2.28. The van der Waals surface area contributed by atoms with Gasteiger partial charge in [-0.05, 0) is 106 Å². The number of hydrogen-bond donors (Lipinski definition) is 2. The Labute approximate surface area is 273 Å². The SMILES string of the molecule is CC(=O)Nc1ccc(Oc2ccc(C3(c4ccc(Oc5ccc(NC(C)=O)cc5)cc4)c4ccccc4-c4ccccc43)cc2)cc1. The third-order valence-corrected chi connectivity index (χ3v) is 8.35. The molecule has 230 valence electrons. The molecule has 0 atom stereocenters. The lowest BCUT2D eigenvalue weighted by molar-refractivity contribution is -0.115. The van der Waals surface area contributed by atoms with E-state index in [1.807, 2.05) is 72.8 Å². The highest BCUT2D eigenvalue weighted by Gasteiger charge is 2.45. The Kier molecular flexibility index (Phi) is 7.76. The molecule has 0 spiro atoms. The van der Waals surface area contributed by atoms with Crippen LogP contribution in [0.25, 0.3) is 11.1 Å². The predicted molar refractivity (Wildman–Crippen MR) is 185 cm³/mol. The van der Waals surface area contributed by atoms with Crippen LogP contribution in [0.5, 0.6) is 23.0 Å². The molecule has 7 rings (SSSR count). The van der Waals surface area contributed by atoms with Gasteiger partial charge < -0.3 is 20.1 Å². The van der Waals surface area contributed by atoms with Crippen LogP contribution < -0.4 is 20.1 Å². The van der Waals surface area contributed by atoms with Crippen molar-refractivity contribution in [1.29, 1.82) is 0 Å². The van der Waals surface area contributed by atoms with Crippen molar-refractivity contribution < 1.29 is 19.1 Å². The van der Waals surface area contributed by atoms with E-state index in [1.165, 1.54) is 36.1 Å². The molecule has 0 saturated carbocycles. The third kappa shape index (κ3) is 5.73. The number of ether oxygens (including phenoxy) is 2. The predicted octanol–water partition coefficient (Wildman–Crippen LogP) is 9.55. The molecule has 47 heavy (non-hydrogen) atoms. The van der Waals surface area contributed by atoms with Gasteiger partial charge in [-0.15, -0.1) is 0 Å². The summed E-state index contributed by atoms with van der Waals surface area (Å²) in [4.78, 5) is 22.8. The second-order valence-corrected chi connectivity index (χ2v) is 11.5. The van der Waals surface area contributed by atoms with Crippen LogP contribution in [-0.2, 0) is 15.0 Å². The maximum absolute atomic E-state index is 11.4. The van der Waals surface area contributed by atoms with Crippen molar-refractivity contribution in [3.8, 4) is 34.1 Å². The van der Waals surface area contributed by atoms with Crippen molar-refractivity contribution in [2.24, 2.45) is 0 Å². The van der Waals surface area contributed by atoms with E-state index < -0.39 is 5.41 Å². The number of amides is 2. The quantitative estimate of drug-likeness (QED) is 0.178. The molecule has 6 aromatic carbocycles. The standard InChI is InChI=1S/C41H32N2O4/c1-27(44)42-31-15-23-35(24-16-31)46-33-19-11-29(12-20-33)41(39-9-5-3-7-37(39)38-8-4-6-10-40(38)41)30-13-21-34(22-14-30)47-36-25-17-32(18-26-36)43-28(2)45/h3-26H,1-2H3,(H,42,44)(H,43,45). The molecular formula is C41H32N2O4. The highest BCUT2D eigenvalue weighted by molar-refractivity contribution is 5.89. The molecule has 1 aliphatic rings. The van der Waals surface area contributed by atoms with Crippen LogP contribution in [0, 0.1) is 0 Å². The van der Waals surface area contributed by atoms with Gasteiger partial charge in [0.15, 0.2) is 0 Å². The molecule has 0 radical (unpaired) electrons. The Bertz CT molecular complexity index is 1920. The van der Waals surface area contributed by atoms with Crippen molar-refractivity contribution in [3.05, 3.63) is 168 Å². The number of rotatable bonds is 8. The lowest BCUT2D eigenvalue weighted by atomic mass is 9.68. The molecule has 2 amide bonds. The second kappa shape index (κ2) is 12.3. The summed E-state index contributed by atoms with van der Waals surface area (Å²) in [6.45, 7) is 2.97. The molecule has 0 saturated heterocycles. The minimum absolute atomic E-state index is 0.116. The number of anilines is 2. The molecule has 1 aliphatic carbocycles. The summed E-state index contributed by atoms with van der Waals surface area (Å²) in [5, 5.41) is 5.56. The number of carbonyl (C=O) groups is 2. The Hall–Kier alpha value is -6.14. The van der Waals surface area contributed by atoms with Gasteiger partial charge in [0.1, 0.15) is 23.0 Å². The first kappa shape index (κ1) is 29.6. The fourth-order valence-electron chi connectivity index (χ4n) is 6.46. The van der Waals surface area contributed by atoms with Crippen LogP contribution in [0.15, 0.2) is 146 Å². The Morgan fingerprint density at radius 2 is 0.766 bits per heavy atom. The van der Waals surface area contributed by atoms with Gasteiger partial charge >= 0.3 is 0 Å². The lowest BCUT2D eigenvalue weighted by Gasteiger charge is -2.34. The highest BCUT2D eigenvalue weighted by Crippen LogP contribution is 2.56. The van der Waals surface area contributed by atoms with Crippen LogP contribution in [-0.4, -0.2) is 11.8 Å². The number of fused-ring (bicyclic) bond motifs is 3. The fraction of sp³-hybridized carbons (Fsp3) is 0.0732. The van der Waals surface area contributed by atoms with E-state index in [-0.39, 0.29) is 11.8 Å². The maximum atomic E-state index is 11.4. The van der Waals surface area contributed by atoms with Gasteiger partial charge in [0.2, 0.25) is 11.8 Å². The molecule has 6 heteroatoms. The summed E-state index contributed by atoms with van der Waals surface area (Å²) >= 11 is 0. The minimum atomic E-state index is -0.565. The zero-order valence-electron chi connectivity index (χ0n) is 26.0. The molecule has 0 aliphatic heterocycles. The summed E-state index contributed by atoms with van der Waals surface area (Å²) in [5.41, 5.74) is 7.95. The number of carbonyl (C=O) groups excluding carboxylic acids is 2. The van der Waals surface area contributed by atoms with Crippen molar-refractivity contribution in [1.82, 2.24) is 0 Å². The fourth-order valence-corrected chi connectivity index (χ4v) is 6.46. The summed E-state index contributed by atoms with van der Waals surface area (Å²) in [6.07, 6.45) is 0. The average Bonchev–Trinajstić information content (AvgIpc) is 3.38. The molecule has 2 N–H and O–H groups in total. The molecule has 0 bridgehead atoms. The summed E-state index contributed by atoms with van der Waals surface area (Å²) < 4.78 is 12.4. The third-order valence-electron chi connectivity index (χ3n) is 8.35. The average molecular weight is 617 g/mol. The van der Waals surface area contributed by atoms with Gasteiger partial charge in [-0.2, -0.15) is 0 Å². The summed E-state index contributed by atoms with van der Waals surface area (Å²) in [5.74, 6) is 2.55. The van der Waals surface area contributed by atoms with Gasteiger partial charge in [0.25, 0.3) is 0 Å². The van der Waals surface area contributed by atoms with Crippen molar-refractivity contribution in [2.45, 2.75) is 19.3 Å². The normalized spacial score (nSPS) is 12.4. The molecule has 0 fully saturated rings. The zero-order chi connectivity index (χ0) is 32.4. The molecule has 6 aromatic rings. The molecular weight excluding hydrogens is 584 g/mol. The first-order valence-electron chi connectivity index (χ1n) is 15.4. The topological polar surface area (TPSA) is 76.7 Å². The first-order valence-corrected chi connectivity index (χ1v) is 15.4. The first-order chi connectivity index (χ1) is 22.9. The largest absolute Gasteiger partial charge is 0.457 e. The van der Waals surface area contributed by atoms with E-state index in [9.17, 15) is 9.59 Å². The molecule has 0 aromatic heterocycles. The van der Waals surface area contributed by atoms with E-state index in [4.69, 9.17) is 9.47 Å². The minimum Gasteiger partial charge on any atom is -0.457 e. The van der Waals surface area contributed by atoms with Crippen molar-refractivity contribution in [3.63, 3.8) is 0 Å². The number of nitrogens with one attached hydrogen (secondary N) is 2. The molecule has 0 unspecified atom stereocenters. The van der Waals surface area contributed by atoms with Crippen LogP contribution in [0.1, 0.15) is 36.1 Å². The molecule has 0 heterocycles. The van der Waals surface area contributed by atoms with E-state index in [1.54, 1.807) is 0 Å². The maximum Gasteiger partial charge on any atom is 0.221 e. The van der Waals surface area contributed by atoms with Crippen LogP contribution in [0.2, 0.25) is 0 Å².